The number of amides is 1. The zero-order valence-electron chi connectivity index (χ0n) is 22.6. The van der Waals surface area contributed by atoms with Crippen molar-refractivity contribution in [2.24, 2.45) is 58.0 Å². The van der Waals surface area contributed by atoms with Gasteiger partial charge in [0.1, 0.15) is 0 Å². The molecule has 9 atom stereocenters. The minimum atomic E-state index is -0.565. The monoisotopic (exact) mass is 472 g/mol. The van der Waals surface area contributed by atoms with Crippen LogP contribution in [0.1, 0.15) is 98.8 Å². The highest BCUT2D eigenvalue weighted by molar-refractivity contribution is 5.79. The van der Waals surface area contributed by atoms with E-state index in [4.69, 9.17) is 5.73 Å². The minimum Gasteiger partial charge on any atom is -0.392 e. The number of hydrogen-bond donors (Lipinski definition) is 3. The fourth-order valence-corrected chi connectivity index (χ4v) is 9.33. The predicted octanol–water partition coefficient (Wildman–Crippen LogP) is 5.69. The summed E-state index contributed by atoms with van der Waals surface area (Å²) in [6.07, 6.45) is 14.1. The Bertz CT molecular complexity index is 763. The van der Waals surface area contributed by atoms with Crippen molar-refractivity contribution < 1.29 is 9.90 Å². The third-order valence-corrected chi connectivity index (χ3v) is 11.1. The van der Waals surface area contributed by atoms with Gasteiger partial charge in [0.05, 0.1) is 12.0 Å². The Kier molecular flexibility index (Phi) is 7.89. The molecule has 194 valence electrons. The van der Waals surface area contributed by atoms with Crippen LogP contribution in [0, 0.1) is 52.3 Å². The molecule has 0 aromatic carbocycles. The molecule has 3 saturated carbocycles. The van der Waals surface area contributed by atoms with Crippen molar-refractivity contribution in [2.45, 2.75) is 105 Å². The van der Waals surface area contributed by atoms with E-state index in [9.17, 15) is 9.90 Å². The number of carbonyl (C=O) groups excluding carboxylic acids is 1. The topological polar surface area (TPSA) is 75.3 Å². The summed E-state index contributed by atoms with van der Waals surface area (Å²) >= 11 is 0. The highest BCUT2D eigenvalue weighted by Gasteiger charge is 2.60. The smallest absolute Gasteiger partial charge is 0.225 e. The molecule has 0 heterocycles. The summed E-state index contributed by atoms with van der Waals surface area (Å²) < 4.78 is 0. The standard InChI is InChI=1S/C30H52N2O2/c1-19(2)7-6-8-20(3)24-11-12-25-22-10-9-21-17-27(33)23(28(34)32-16-15-31)18-30(21,5)26(22)13-14-29(24,25)4/h9,19-20,22-27,33H,6-8,10-18,31H2,1-5H3,(H,32,34)/t20-,22+,23?,24-,25+,26+,27-,29-,30+/m1/s1. The molecule has 4 rings (SSSR count). The van der Waals surface area contributed by atoms with E-state index >= 15 is 0 Å². The lowest BCUT2D eigenvalue weighted by Gasteiger charge is -2.59. The molecule has 1 amide bonds. The highest BCUT2D eigenvalue weighted by atomic mass is 16.3. The molecule has 34 heavy (non-hydrogen) atoms. The Hall–Kier alpha value is -0.870. The highest BCUT2D eigenvalue weighted by Crippen LogP contribution is 2.67. The second-order valence-corrected chi connectivity index (χ2v) is 13.5. The molecule has 0 saturated heterocycles. The van der Waals surface area contributed by atoms with Crippen molar-refractivity contribution in [1.29, 1.82) is 0 Å². The van der Waals surface area contributed by atoms with Gasteiger partial charge in [-0.25, -0.2) is 0 Å². The average Bonchev–Trinajstić information content (AvgIpc) is 3.14. The van der Waals surface area contributed by atoms with Gasteiger partial charge in [-0.05, 0) is 91.3 Å². The summed E-state index contributed by atoms with van der Waals surface area (Å²) in [4.78, 5) is 12.9. The summed E-state index contributed by atoms with van der Waals surface area (Å²) in [7, 11) is 0. The van der Waals surface area contributed by atoms with E-state index in [0.29, 0.717) is 30.8 Å². The van der Waals surface area contributed by atoms with E-state index in [1.54, 1.807) is 0 Å². The Labute approximate surface area is 208 Å². The molecule has 0 spiro atoms. The molecule has 4 aliphatic carbocycles. The lowest BCUT2D eigenvalue weighted by atomic mass is 9.46. The Morgan fingerprint density at radius 3 is 2.65 bits per heavy atom. The van der Waals surface area contributed by atoms with Crippen LogP contribution in [0.2, 0.25) is 0 Å². The zero-order valence-corrected chi connectivity index (χ0v) is 22.6. The van der Waals surface area contributed by atoms with Crippen LogP contribution in [0.15, 0.2) is 11.6 Å². The molecule has 0 aliphatic heterocycles. The van der Waals surface area contributed by atoms with Crippen LogP contribution >= 0.6 is 0 Å². The summed E-state index contributed by atoms with van der Waals surface area (Å²) in [5.74, 6) is 4.41. The summed E-state index contributed by atoms with van der Waals surface area (Å²) in [5.41, 5.74) is 7.57. The Morgan fingerprint density at radius 1 is 1.18 bits per heavy atom. The van der Waals surface area contributed by atoms with Crippen LogP contribution < -0.4 is 11.1 Å². The number of aliphatic hydroxyl groups excluding tert-OH is 1. The van der Waals surface area contributed by atoms with E-state index < -0.39 is 6.10 Å². The number of aliphatic hydroxyl groups is 1. The normalized spacial score (nSPS) is 42.4. The van der Waals surface area contributed by atoms with Crippen molar-refractivity contribution >= 4 is 5.91 Å². The predicted molar refractivity (Wildman–Crippen MR) is 140 cm³/mol. The number of nitrogens with one attached hydrogen (secondary N) is 1. The van der Waals surface area contributed by atoms with E-state index in [1.807, 2.05) is 0 Å². The first-order valence-corrected chi connectivity index (χ1v) is 14.5. The summed E-state index contributed by atoms with van der Waals surface area (Å²) in [6.45, 7) is 13.2. The molecule has 4 heteroatoms. The molecule has 1 unspecified atom stereocenters. The number of nitrogens with two attached hydrogens (primary N) is 1. The fraction of sp³-hybridized carbons (Fsp3) is 0.900. The van der Waals surface area contributed by atoms with Crippen LogP contribution in [-0.2, 0) is 4.79 Å². The number of allylic oxidation sites excluding steroid dienone is 1. The van der Waals surface area contributed by atoms with Crippen LogP contribution in [0.3, 0.4) is 0 Å². The van der Waals surface area contributed by atoms with Crippen LogP contribution in [0.5, 0.6) is 0 Å². The zero-order chi connectivity index (χ0) is 24.7. The molecular weight excluding hydrogens is 420 g/mol. The number of hydrogen-bond acceptors (Lipinski definition) is 3. The second kappa shape index (κ2) is 10.2. The van der Waals surface area contributed by atoms with Crippen LogP contribution in [0.25, 0.3) is 0 Å². The molecule has 0 aromatic heterocycles. The van der Waals surface area contributed by atoms with Gasteiger partial charge in [0, 0.05) is 13.1 Å². The molecule has 4 aliphatic rings. The summed E-state index contributed by atoms with van der Waals surface area (Å²) in [6, 6.07) is 0. The van der Waals surface area contributed by atoms with Crippen molar-refractivity contribution in [1.82, 2.24) is 5.32 Å². The van der Waals surface area contributed by atoms with Gasteiger partial charge in [0.25, 0.3) is 0 Å². The van der Waals surface area contributed by atoms with Crippen molar-refractivity contribution in [2.75, 3.05) is 13.1 Å². The molecule has 3 fully saturated rings. The Balaban J connectivity index is 1.50. The molecule has 0 aromatic rings. The largest absolute Gasteiger partial charge is 0.392 e. The number of fused-ring (bicyclic) bond motifs is 5. The second-order valence-electron chi connectivity index (χ2n) is 13.5. The molecular formula is C30H52N2O2. The minimum absolute atomic E-state index is 0.00264. The molecule has 0 bridgehead atoms. The molecule has 0 radical (unpaired) electrons. The fourth-order valence-electron chi connectivity index (χ4n) is 9.33. The SMILES string of the molecule is CC(C)CCC[C@@H](C)[C@H]1CC[C@H]2[C@@H]3CC=C4C[C@@H](O)C(C(=O)NCCN)C[C@]4(C)[C@H]3CC[C@]12C. The Morgan fingerprint density at radius 2 is 1.94 bits per heavy atom. The van der Waals surface area contributed by atoms with Gasteiger partial charge in [-0.2, -0.15) is 0 Å². The first-order chi connectivity index (χ1) is 16.1. The first kappa shape index (κ1) is 26.2. The average molecular weight is 473 g/mol. The van der Waals surface area contributed by atoms with Crippen LogP contribution in [-0.4, -0.2) is 30.2 Å². The van der Waals surface area contributed by atoms with Crippen molar-refractivity contribution in [3.63, 3.8) is 0 Å². The van der Waals surface area contributed by atoms with Gasteiger partial charge in [-0.15, -0.1) is 0 Å². The number of rotatable bonds is 8. The third kappa shape index (κ3) is 4.63. The lowest BCUT2D eigenvalue weighted by molar-refractivity contribution is -0.134. The van der Waals surface area contributed by atoms with Crippen molar-refractivity contribution in [3.8, 4) is 0 Å². The van der Waals surface area contributed by atoms with Gasteiger partial charge in [0.2, 0.25) is 5.91 Å². The summed E-state index contributed by atoms with van der Waals surface area (Å²) in [5, 5.41) is 13.8. The maximum Gasteiger partial charge on any atom is 0.225 e. The van der Waals surface area contributed by atoms with Gasteiger partial charge < -0.3 is 16.2 Å². The van der Waals surface area contributed by atoms with Gasteiger partial charge in [-0.3, -0.25) is 4.79 Å². The van der Waals surface area contributed by atoms with Gasteiger partial charge >= 0.3 is 0 Å². The third-order valence-electron chi connectivity index (χ3n) is 11.1. The maximum atomic E-state index is 12.9. The van der Waals surface area contributed by atoms with E-state index in [0.717, 1.165) is 36.0 Å². The van der Waals surface area contributed by atoms with E-state index in [-0.39, 0.29) is 17.2 Å². The van der Waals surface area contributed by atoms with Gasteiger partial charge in [-0.1, -0.05) is 65.5 Å². The van der Waals surface area contributed by atoms with Gasteiger partial charge in [0.15, 0.2) is 0 Å². The number of carbonyl (C=O) groups is 1. The van der Waals surface area contributed by atoms with E-state index in [2.05, 4.69) is 46.0 Å². The molecule has 4 nitrogen and oxygen atoms in total. The maximum absolute atomic E-state index is 12.9. The molecule has 4 N–H and O–H groups in total. The quantitative estimate of drug-likeness (QED) is 0.397. The van der Waals surface area contributed by atoms with Crippen molar-refractivity contribution in [3.05, 3.63) is 11.6 Å². The lowest BCUT2D eigenvalue weighted by Crippen LogP contribution is -2.54. The van der Waals surface area contributed by atoms with E-state index in [1.165, 1.54) is 56.9 Å². The first-order valence-electron chi connectivity index (χ1n) is 14.5. The van der Waals surface area contributed by atoms with Crippen LogP contribution in [0.4, 0.5) is 0 Å².